The first-order chi connectivity index (χ1) is 17.3. The number of carbonyl (C=O) groups excluding carboxylic acids is 4. The highest BCUT2D eigenvalue weighted by molar-refractivity contribution is 6.04. The second kappa shape index (κ2) is 12.9. The van der Waals surface area contributed by atoms with E-state index in [9.17, 15) is 19.2 Å². The third kappa shape index (κ3) is 7.69. The number of benzene rings is 1. The van der Waals surface area contributed by atoms with E-state index in [1.54, 1.807) is 12.1 Å². The lowest BCUT2D eigenvalue weighted by Crippen LogP contribution is -2.45. The van der Waals surface area contributed by atoms with Crippen LogP contribution in [0.2, 0.25) is 0 Å². The zero-order chi connectivity index (χ0) is 26.1. The minimum absolute atomic E-state index is 0.00746. The molecule has 2 fully saturated rings. The summed E-state index contributed by atoms with van der Waals surface area (Å²) in [6.07, 6.45) is 2.75. The molecule has 2 aliphatic heterocycles. The summed E-state index contributed by atoms with van der Waals surface area (Å²) in [6.45, 7) is 3.59. The number of alkyl carbamates (subject to hydrolysis) is 1. The molecule has 2 aliphatic rings. The molecule has 0 aliphatic carbocycles. The van der Waals surface area contributed by atoms with Crippen LogP contribution in [0.4, 0.5) is 10.5 Å². The number of nitrogens with one attached hydrogen (secondary N) is 2. The van der Waals surface area contributed by atoms with E-state index in [0.717, 1.165) is 44.5 Å². The molecule has 0 aromatic heterocycles. The maximum Gasteiger partial charge on any atom is 0.415 e. The fourth-order valence-electron chi connectivity index (χ4n) is 4.53. The van der Waals surface area contributed by atoms with Crippen molar-refractivity contribution < 1.29 is 33.4 Å². The quantitative estimate of drug-likeness (QED) is 0.251. The standard InChI is InChI=1S/C25H34N4O7/c1-17(30)35-16-36-25(33)27-23(26)19-3-5-21(6-4-19)28-13-9-20(10-14-28)24(32)29-11-7-18(8-12-29)15-22(31)34-2/h3-6,18,20H,7-16H2,1-2H3,(H2,26,27,33). The van der Waals surface area contributed by atoms with Crippen LogP contribution in [0.3, 0.4) is 0 Å². The summed E-state index contributed by atoms with van der Waals surface area (Å²) >= 11 is 0. The second-order valence-corrected chi connectivity index (χ2v) is 9.04. The highest BCUT2D eigenvalue weighted by Gasteiger charge is 2.31. The van der Waals surface area contributed by atoms with Gasteiger partial charge in [0, 0.05) is 56.7 Å². The minimum atomic E-state index is -0.884. The Morgan fingerprint density at radius 1 is 0.972 bits per heavy atom. The molecule has 1 aromatic rings. The minimum Gasteiger partial charge on any atom is -0.469 e. The molecular formula is C25H34N4O7. The summed E-state index contributed by atoms with van der Waals surface area (Å²) < 4.78 is 13.9. The van der Waals surface area contributed by atoms with Gasteiger partial charge in [0.2, 0.25) is 12.7 Å². The lowest BCUT2D eigenvalue weighted by Gasteiger charge is -2.38. The second-order valence-electron chi connectivity index (χ2n) is 9.04. The van der Waals surface area contributed by atoms with Crippen molar-refractivity contribution in [3.63, 3.8) is 0 Å². The molecule has 2 saturated heterocycles. The van der Waals surface area contributed by atoms with Crippen LogP contribution >= 0.6 is 0 Å². The van der Waals surface area contributed by atoms with Gasteiger partial charge in [0.1, 0.15) is 5.84 Å². The smallest absolute Gasteiger partial charge is 0.415 e. The monoisotopic (exact) mass is 502 g/mol. The van der Waals surface area contributed by atoms with Crippen molar-refractivity contribution in [2.24, 2.45) is 11.8 Å². The van der Waals surface area contributed by atoms with Crippen LogP contribution in [0.25, 0.3) is 0 Å². The largest absolute Gasteiger partial charge is 0.469 e. The summed E-state index contributed by atoms with van der Waals surface area (Å²) in [6, 6.07) is 7.23. The number of esters is 2. The molecule has 0 spiro atoms. The SMILES string of the molecule is COC(=O)CC1CCN(C(=O)C2CCN(c3ccc(C(=N)NC(=O)OCOC(C)=O)cc3)CC2)CC1. The molecule has 0 unspecified atom stereocenters. The van der Waals surface area contributed by atoms with Gasteiger partial charge in [-0.1, -0.05) is 0 Å². The molecule has 0 atom stereocenters. The molecular weight excluding hydrogens is 468 g/mol. The Hall–Kier alpha value is -3.63. The molecule has 0 saturated carbocycles. The highest BCUT2D eigenvalue weighted by Crippen LogP contribution is 2.27. The molecule has 2 amide bonds. The summed E-state index contributed by atoms with van der Waals surface area (Å²) in [7, 11) is 1.40. The maximum absolute atomic E-state index is 13.0. The predicted molar refractivity (Wildman–Crippen MR) is 130 cm³/mol. The molecule has 2 N–H and O–H groups in total. The number of piperidine rings is 2. The first-order valence-corrected chi connectivity index (χ1v) is 12.1. The number of hydrogen-bond acceptors (Lipinski definition) is 9. The van der Waals surface area contributed by atoms with E-state index in [1.165, 1.54) is 14.0 Å². The van der Waals surface area contributed by atoms with Crippen LogP contribution in [-0.2, 0) is 28.6 Å². The number of hydrogen-bond donors (Lipinski definition) is 2. The number of carbonyl (C=O) groups is 4. The molecule has 36 heavy (non-hydrogen) atoms. The van der Waals surface area contributed by atoms with Crippen LogP contribution in [0.1, 0.15) is 44.6 Å². The van der Waals surface area contributed by atoms with E-state index in [4.69, 9.17) is 10.1 Å². The van der Waals surface area contributed by atoms with Crippen LogP contribution in [0, 0.1) is 17.2 Å². The maximum atomic E-state index is 13.0. The fraction of sp³-hybridized carbons (Fsp3) is 0.560. The first-order valence-electron chi connectivity index (χ1n) is 12.1. The van der Waals surface area contributed by atoms with E-state index in [1.807, 2.05) is 17.0 Å². The lowest BCUT2D eigenvalue weighted by atomic mass is 9.90. The Kier molecular flexibility index (Phi) is 9.66. The normalized spacial score (nSPS) is 16.7. The van der Waals surface area contributed by atoms with Gasteiger partial charge in [0.25, 0.3) is 0 Å². The van der Waals surface area contributed by atoms with Gasteiger partial charge < -0.3 is 24.0 Å². The number of rotatable bonds is 7. The van der Waals surface area contributed by atoms with Gasteiger partial charge in [-0.05, 0) is 55.9 Å². The van der Waals surface area contributed by atoms with E-state index in [-0.39, 0.29) is 29.5 Å². The van der Waals surface area contributed by atoms with Crippen LogP contribution in [0.5, 0.6) is 0 Å². The van der Waals surface area contributed by atoms with Crippen molar-refractivity contribution in [2.75, 3.05) is 45.0 Å². The number of amides is 2. The first kappa shape index (κ1) is 27.0. The Balaban J connectivity index is 1.42. The van der Waals surface area contributed by atoms with Crippen LogP contribution < -0.4 is 10.2 Å². The third-order valence-corrected chi connectivity index (χ3v) is 6.65. The van der Waals surface area contributed by atoms with Crippen molar-refractivity contribution in [3.8, 4) is 0 Å². The molecule has 11 heteroatoms. The Labute approximate surface area is 210 Å². The van der Waals surface area contributed by atoms with Crippen molar-refractivity contribution in [2.45, 2.75) is 39.0 Å². The predicted octanol–water partition coefficient (Wildman–Crippen LogP) is 2.28. The van der Waals surface area contributed by atoms with Gasteiger partial charge in [0.15, 0.2) is 0 Å². The topological polar surface area (TPSA) is 138 Å². The number of methoxy groups -OCH3 is 1. The van der Waals surface area contributed by atoms with Gasteiger partial charge >= 0.3 is 18.0 Å². The zero-order valence-electron chi connectivity index (χ0n) is 20.8. The number of nitrogens with zero attached hydrogens (tertiary/aromatic N) is 2. The molecule has 11 nitrogen and oxygen atoms in total. The zero-order valence-corrected chi connectivity index (χ0v) is 20.8. The van der Waals surface area contributed by atoms with Gasteiger partial charge in [-0.15, -0.1) is 0 Å². The number of anilines is 1. The lowest BCUT2D eigenvalue weighted by molar-refractivity contribution is -0.149. The van der Waals surface area contributed by atoms with Crippen molar-refractivity contribution in [1.82, 2.24) is 10.2 Å². The van der Waals surface area contributed by atoms with E-state index < -0.39 is 18.9 Å². The van der Waals surface area contributed by atoms with E-state index in [2.05, 4.69) is 19.7 Å². The summed E-state index contributed by atoms with van der Waals surface area (Å²) in [4.78, 5) is 51.0. The van der Waals surface area contributed by atoms with Crippen LogP contribution in [0.15, 0.2) is 24.3 Å². The molecule has 0 radical (unpaired) electrons. The average molecular weight is 503 g/mol. The Morgan fingerprint density at radius 3 is 2.19 bits per heavy atom. The molecule has 196 valence electrons. The molecule has 2 heterocycles. The summed E-state index contributed by atoms with van der Waals surface area (Å²) in [5, 5.41) is 10.3. The fourth-order valence-corrected chi connectivity index (χ4v) is 4.53. The van der Waals surface area contributed by atoms with Gasteiger partial charge in [-0.25, -0.2) is 4.79 Å². The van der Waals surface area contributed by atoms with Gasteiger partial charge in [-0.3, -0.25) is 25.1 Å². The molecule has 1 aromatic carbocycles. The van der Waals surface area contributed by atoms with E-state index >= 15 is 0 Å². The number of likely N-dealkylation sites (tertiary alicyclic amines) is 1. The summed E-state index contributed by atoms with van der Waals surface area (Å²) in [5.41, 5.74) is 1.49. The third-order valence-electron chi connectivity index (χ3n) is 6.65. The van der Waals surface area contributed by atoms with E-state index in [0.29, 0.717) is 25.1 Å². The molecule has 3 rings (SSSR count). The van der Waals surface area contributed by atoms with Crippen molar-refractivity contribution in [1.29, 1.82) is 5.41 Å². The molecule has 0 bridgehead atoms. The van der Waals surface area contributed by atoms with Gasteiger partial charge in [-0.2, -0.15) is 0 Å². The number of ether oxygens (including phenoxy) is 3. The average Bonchev–Trinajstić information content (AvgIpc) is 2.88. The van der Waals surface area contributed by atoms with Crippen molar-refractivity contribution in [3.05, 3.63) is 29.8 Å². The van der Waals surface area contributed by atoms with Crippen molar-refractivity contribution >= 4 is 35.5 Å². The van der Waals surface area contributed by atoms with Gasteiger partial charge in [0.05, 0.1) is 7.11 Å². The number of amidine groups is 1. The Morgan fingerprint density at radius 2 is 1.61 bits per heavy atom. The van der Waals surface area contributed by atoms with Crippen LogP contribution in [-0.4, -0.2) is 74.8 Å². The summed E-state index contributed by atoms with van der Waals surface area (Å²) in [5.74, 6) is -0.385. The highest BCUT2D eigenvalue weighted by atomic mass is 16.7. The Bertz CT molecular complexity index is 950.